The summed E-state index contributed by atoms with van der Waals surface area (Å²) in [6.07, 6.45) is 0. The minimum Gasteiger partial charge on any atom is -0.352 e. The second kappa shape index (κ2) is 8.91. The summed E-state index contributed by atoms with van der Waals surface area (Å²) in [7, 11) is 0. The Kier molecular flexibility index (Phi) is 8.39. The van der Waals surface area contributed by atoms with Crippen molar-refractivity contribution in [2.45, 2.75) is 53.6 Å². The third kappa shape index (κ3) is 6.57. The molecule has 0 heterocycles. The van der Waals surface area contributed by atoms with Gasteiger partial charge in [0.05, 0.1) is 12.6 Å². The summed E-state index contributed by atoms with van der Waals surface area (Å²) in [5.41, 5.74) is 0. The van der Waals surface area contributed by atoms with Crippen molar-refractivity contribution >= 4 is 11.8 Å². The van der Waals surface area contributed by atoms with E-state index in [0.717, 1.165) is 0 Å². The van der Waals surface area contributed by atoms with E-state index in [4.69, 9.17) is 0 Å². The van der Waals surface area contributed by atoms with Crippen LogP contribution in [0, 0.1) is 5.92 Å². The average Bonchev–Trinajstić information content (AvgIpc) is 2.36. The smallest absolute Gasteiger partial charge is 0.239 e. The molecule has 5 heteroatoms. The molecule has 0 fully saturated rings. The molecule has 0 aromatic carbocycles. The van der Waals surface area contributed by atoms with E-state index in [2.05, 4.69) is 24.5 Å². The van der Waals surface area contributed by atoms with Crippen molar-refractivity contribution in [2.24, 2.45) is 5.92 Å². The SMILES string of the molecule is CCN(CC)C(=O)C(C)NCC(=O)NC(C)C(C)C. The molecule has 0 aliphatic carbocycles. The molecular weight excluding hydrogens is 242 g/mol. The molecule has 0 spiro atoms. The van der Waals surface area contributed by atoms with Crippen LogP contribution in [0.4, 0.5) is 0 Å². The lowest BCUT2D eigenvalue weighted by molar-refractivity contribution is -0.132. The number of carbonyl (C=O) groups is 2. The second-order valence-electron chi connectivity index (χ2n) is 5.21. The highest BCUT2D eigenvalue weighted by molar-refractivity contribution is 5.83. The monoisotopic (exact) mass is 271 g/mol. The van der Waals surface area contributed by atoms with Gasteiger partial charge in [0.2, 0.25) is 11.8 Å². The first kappa shape index (κ1) is 17.9. The van der Waals surface area contributed by atoms with Gasteiger partial charge >= 0.3 is 0 Å². The number of nitrogens with zero attached hydrogens (tertiary/aromatic N) is 1. The summed E-state index contributed by atoms with van der Waals surface area (Å²) in [4.78, 5) is 25.4. The van der Waals surface area contributed by atoms with Crippen molar-refractivity contribution in [1.82, 2.24) is 15.5 Å². The van der Waals surface area contributed by atoms with E-state index in [1.165, 1.54) is 0 Å². The fraction of sp³-hybridized carbons (Fsp3) is 0.857. The molecule has 0 saturated carbocycles. The Morgan fingerprint density at radius 2 is 1.58 bits per heavy atom. The van der Waals surface area contributed by atoms with E-state index in [0.29, 0.717) is 19.0 Å². The lowest BCUT2D eigenvalue weighted by Crippen LogP contribution is -2.49. The van der Waals surface area contributed by atoms with Gasteiger partial charge in [-0.25, -0.2) is 0 Å². The second-order valence-corrected chi connectivity index (χ2v) is 5.21. The van der Waals surface area contributed by atoms with Crippen LogP contribution in [-0.4, -0.2) is 48.4 Å². The molecule has 0 aromatic rings. The van der Waals surface area contributed by atoms with Gasteiger partial charge in [-0.15, -0.1) is 0 Å². The Hall–Kier alpha value is -1.10. The van der Waals surface area contributed by atoms with E-state index in [-0.39, 0.29) is 30.4 Å². The first-order chi connectivity index (χ1) is 8.83. The number of carbonyl (C=O) groups excluding carboxylic acids is 2. The number of amides is 2. The van der Waals surface area contributed by atoms with Crippen molar-refractivity contribution < 1.29 is 9.59 Å². The van der Waals surface area contributed by atoms with Crippen LogP contribution in [0.5, 0.6) is 0 Å². The van der Waals surface area contributed by atoms with Gasteiger partial charge in [-0.3, -0.25) is 14.9 Å². The van der Waals surface area contributed by atoms with Crippen LogP contribution in [-0.2, 0) is 9.59 Å². The molecule has 0 aliphatic heterocycles. The predicted octanol–water partition coefficient (Wildman–Crippen LogP) is 0.994. The summed E-state index contributed by atoms with van der Waals surface area (Å²) in [6.45, 7) is 13.3. The lowest BCUT2D eigenvalue weighted by atomic mass is 10.1. The van der Waals surface area contributed by atoms with E-state index in [1.807, 2.05) is 20.8 Å². The largest absolute Gasteiger partial charge is 0.352 e. The molecule has 0 rings (SSSR count). The molecule has 0 radical (unpaired) electrons. The Bertz CT molecular complexity index is 288. The van der Waals surface area contributed by atoms with Gasteiger partial charge in [0, 0.05) is 19.1 Å². The fourth-order valence-electron chi connectivity index (χ4n) is 1.61. The Balaban J connectivity index is 4.12. The number of rotatable bonds is 8. The van der Waals surface area contributed by atoms with Gasteiger partial charge < -0.3 is 10.2 Å². The third-order valence-electron chi connectivity index (χ3n) is 3.40. The van der Waals surface area contributed by atoms with Crippen molar-refractivity contribution in [3.8, 4) is 0 Å². The Labute approximate surface area is 117 Å². The van der Waals surface area contributed by atoms with Crippen LogP contribution in [0.2, 0.25) is 0 Å². The molecule has 2 N–H and O–H groups in total. The average molecular weight is 271 g/mol. The zero-order valence-corrected chi connectivity index (χ0v) is 13.1. The topological polar surface area (TPSA) is 61.4 Å². The molecule has 2 unspecified atom stereocenters. The molecular formula is C14H29N3O2. The summed E-state index contributed by atoms with van der Waals surface area (Å²) in [6, 6.07) is -0.192. The fourth-order valence-corrected chi connectivity index (χ4v) is 1.61. The van der Waals surface area contributed by atoms with Gasteiger partial charge in [0.1, 0.15) is 0 Å². The molecule has 5 nitrogen and oxygen atoms in total. The van der Waals surface area contributed by atoms with Crippen LogP contribution < -0.4 is 10.6 Å². The van der Waals surface area contributed by atoms with E-state index in [1.54, 1.807) is 11.8 Å². The van der Waals surface area contributed by atoms with Crippen LogP contribution in [0.25, 0.3) is 0 Å². The number of nitrogens with one attached hydrogen (secondary N) is 2. The van der Waals surface area contributed by atoms with Crippen molar-refractivity contribution in [3.05, 3.63) is 0 Å². The van der Waals surface area contributed by atoms with Crippen LogP contribution in [0.3, 0.4) is 0 Å². The van der Waals surface area contributed by atoms with Gasteiger partial charge in [-0.05, 0) is 33.6 Å². The lowest BCUT2D eigenvalue weighted by Gasteiger charge is -2.24. The normalized spacial score (nSPS) is 14.1. The van der Waals surface area contributed by atoms with Gasteiger partial charge in [-0.1, -0.05) is 13.8 Å². The minimum atomic E-state index is -0.333. The Morgan fingerprint density at radius 3 is 2.00 bits per heavy atom. The number of hydrogen-bond acceptors (Lipinski definition) is 3. The maximum absolute atomic E-state index is 12.0. The maximum Gasteiger partial charge on any atom is 0.239 e. The quantitative estimate of drug-likeness (QED) is 0.692. The molecule has 112 valence electrons. The summed E-state index contributed by atoms with van der Waals surface area (Å²) in [5, 5.41) is 5.88. The van der Waals surface area contributed by atoms with Crippen molar-refractivity contribution in [1.29, 1.82) is 0 Å². The zero-order valence-electron chi connectivity index (χ0n) is 13.1. The summed E-state index contributed by atoms with van der Waals surface area (Å²) >= 11 is 0. The standard InChI is InChI=1S/C14H29N3O2/c1-7-17(8-2)14(19)12(6)15-9-13(18)16-11(5)10(3)4/h10-12,15H,7-9H2,1-6H3,(H,16,18). The molecule has 2 amide bonds. The van der Waals surface area contributed by atoms with Crippen molar-refractivity contribution in [2.75, 3.05) is 19.6 Å². The predicted molar refractivity (Wildman–Crippen MR) is 77.8 cm³/mol. The molecule has 0 aromatic heterocycles. The van der Waals surface area contributed by atoms with Crippen LogP contribution in [0.15, 0.2) is 0 Å². The third-order valence-corrected chi connectivity index (χ3v) is 3.40. The molecule has 0 saturated heterocycles. The number of hydrogen-bond donors (Lipinski definition) is 2. The minimum absolute atomic E-state index is 0.0368. The number of likely N-dealkylation sites (N-methyl/N-ethyl adjacent to an activating group) is 1. The highest BCUT2D eigenvalue weighted by atomic mass is 16.2. The van der Waals surface area contributed by atoms with Crippen molar-refractivity contribution in [3.63, 3.8) is 0 Å². The van der Waals surface area contributed by atoms with E-state index < -0.39 is 0 Å². The maximum atomic E-state index is 12.0. The molecule has 0 aliphatic rings. The summed E-state index contributed by atoms with van der Waals surface area (Å²) in [5.74, 6) is 0.369. The zero-order chi connectivity index (χ0) is 15.0. The van der Waals surface area contributed by atoms with E-state index in [9.17, 15) is 9.59 Å². The van der Waals surface area contributed by atoms with Gasteiger partial charge in [0.25, 0.3) is 0 Å². The molecule has 19 heavy (non-hydrogen) atoms. The first-order valence-corrected chi connectivity index (χ1v) is 7.14. The Morgan fingerprint density at radius 1 is 1.05 bits per heavy atom. The summed E-state index contributed by atoms with van der Waals surface area (Å²) < 4.78 is 0. The first-order valence-electron chi connectivity index (χ1n) is 7.14. The van der Waals surface area contributed by atoms with Gasteiger partial charge in [0.15, 0.2) is 0 Å². The van der Waals surface area contributed by atoms with Crippen LogP contribution >= 0.6 is 0 Å². The molecule has 2 atom stereocenters. The van der Waals surface area contributed by atoms with Crippen LogP contribution in [0.1, 0.15) is 41.5 Å². The highest BCUT2D eigenvalue weighted by Crippen LogP contribution is 1.99. The van der Waals surface area contributed by atoms with Gasteiger partial charge in [-0.2, -0.15) is 0 Å². The van der Waals surface area contributed by atoms with E-state index >= 15 is 0 Å². The molecule has 0 bridgehead atoms. The highest BCUT2D eigenvalue weighted by Gasteiger charge is 2.19.